The lowest BCUT2D eigenvalue weighted by molar-refractivity contribution is 0.215. The Morgan fingerprint density at radius 3 is 2.11 bits per heavy atom. The van der Waals surface area contributed by atoms with Gasteiger partial charge in [0.1, 0.15) is 23.4 Å². The van der Waals surface area contributed by atoms with Gasteiger partial charge < -0.3 is 19.5 Å². The average molecular weight is 253 g/mol. The largest absolute Gasteiger partial charge is 0.496 e. The van der Waals surface area contributed by atoms with E-state index >= 15 is 0 Å². The Morgan fingerprint density at radius 1 is 1.06 bits per heavy atom. The second-order valence-corrected chi connectivity index (χ2v) is 4.18. The minimum atomic E-state index is 0.105. The topological polar surface area (TPSA) is 39.7 Å². The normalized spacial score (nSPS) is 12.0. The molecule has 1 unspecified atom stereocenters. The van der Waals surface area contributed by atoms with Crippen LogP contribution < -0.4 is 19.5 Å². The van der Waals surface area contributed by atoms with Crippen LogP contribution in [-0.2, 0) is 0 Å². The van der Waals surface area contributed by atoms with Crippen LogP contribution >= 0.6 is 0 Å². The van der Waals surface area contributed by atoms with E-state index in [4.69, 9.17) is 14.2 Å². The molecule has 1 rings (SSSR count). The molecule has 0 bridgehead atoms. The standard InChI is InChI=1S/C14H23NO3/c1-5-6-15-10-11(2)18-14-8-12(16-3)7-13(9-14)17-4/h7-9,11,15H,5-6,10H2,1-4H3. The van der Waals surface area contributed by atoms with Crippen molar-refractivity contribution in [1.82, 2.24) is 5.32 Å². The quantitative estimate of drug-likeness (QED) is 0.722. The number of hydrogen-bond acceptors (Lipinski definition) is 4. The summed E-state index contributed by atoms with van der Waals surface area (Å²) in [6.45, 7) is 6.02. The summed E-state index contributed by atoms with van der Waals surface area (Å²) in [5.74, 6) is 2.23. The molecule has 1 atom stereocenters. The van der Waals surface area contributed by atoms with Gasteiger partial charge in [0.2, 0.25) is 0 Å². The first kappa shape index (κ1) is 14.6. The Morgan fingerprint density at radius 2 is 1.61 bits per heavy atom. The van der Waals surface area contributed by atoms with Gasteiger partial charge in [0, 0.05) is 24.7 Å². The molecule has 0 heterocycles. The van der Waals surface area contributed by atoms with Gasteiger partial charge >= 0.3 is 0 Å². The molecule has 0 aliphatic carbocycles. The van der Waals surface area contributed by atoms with Gasteiger partial charge in [-0.05, 0) is 19.9 Å². The molecule has 18 heavy (non-hydrogen) atoms. The molecule has 0 radical (unpaired) electrons. The minimum absolute atomic E-state index is 0.105. The summed E-state index contributed by atoms with van der Waals surface area (Å²) >= 11 is 0. The summed E-state index contributed by atoms with van der Waals surface area (Å²) in [7, 11) is 3.26. The fourth-order valence-electron chi connectivity index (χ4n) is 1.61. The van der Waals surface area contributed by atoms with Crippen LogP contribution in [0.3, 0.4) is 0 Å². The zero-order valence-electron chi connectivity index (χ0n) is 11.7. The Hall–Kier alpha value is -1.42. The van der Waals surface area contributed by atoms with Crippen molar-refractivity contribution in [2.75, 3.05) is 27.3 Å². The molecule has 0 aliphatic rings. The predicted octanol–water partition coefficient (Wildman–Crippen LogP) is 2.47. The van der Waals surface area contributed by atoms with Crippen LogP contribution in [0.25, 0.3) is 0 Å². The number of hydrogen-bond donors (Lipinski definition) is 1. The van der Waals surface area contributed by atoms with E-state index in [0.717, 1.165) is 36.8 Å². The van der Waals surface area contributed by atoms with Gasteiger partial charge in [-0.2, -0.15) is 0 Å². The monoisotopic (exact) mass is 253 g/mol. The highest BCUT2D eigenvalue weighted by atomic mass is 16.5. The molecule has 0 saturated heterocycles. The van der Waals surface area contributed by atoms with Crippen molar-refractivity contribution >= 4 is 0 Å². The van der Waals surface area contributed by atoms with Crippen molar-refractivity contribution in [1.29, 1.82) is 0 Å². The first-order valence-electron chi connectivity index (χ1n) is 6.30. The number of ether oxygens (including phenoxy) is 3. The van der Waals surface area contributed by atoms with E-state index in [2.05, 4.69) is 12.2 Å². The van der Waals surface area contributed by atoms with Crippen LogP contribution in [0.5, 0.6) is 17.2 Å². The maximum atomic E-state index is 5.82. The van der Waals surface area contributed by atoms with Crippen LogP contribution in [0.1, 0.15) is 20.3 Å². The third-order valence-electron chi connectivity index (χ3n) is 2.52. The fraction of sp³-hybridized carbons (Fsp3) is 0.571. The SMILES string of the molecule is CCCNCC(C)Oc1cc(OC)cc(OC)c1. The third-order valence-corrected chi connectivity index (χ3v) is 2.52. The second-order valence-electron chi connectivity index (χ2n) is 4.18. The van der Waals surface area contributed by atoms with Crippen molar-refractivity contribution in [2.45, 2.75) is 26.4 Å². The van der Waals surface area contributed by atoms with E-state index < -0.39 is 0 Å². The van der Waals surface area contributed by atoms with Crippen molar-refractivity contribution in [3.63, 3.8) is 0 Å². The molecule has 0 spiro atoms. The molecule has 0 amide bonds. The maximum Gasteiger partial charge on any atom is 0.127 e. The lowest BCUT2D eigenvalue weighted by Gasteiger charge is -2.16. The van der Waals surface area contributed by atoms with Crippen molar-refractivity contribution in [3.05, 3.63) is 18.2 Å². The summed E-state index contributed by atoms with van der Waals surface area (Å²) < 4.78 is 16.2. The van der Waals surface area contributed by atoms with Crippen molar-refractivity contribution in [2.24, 2.45) is 0 Å². The van der Waals surface area contributed by atoms with Gasteiger partial charge in [0.05, 0.1) is 14.2 Å². The van der Waals surface area contributed by atoms with Crippen molar-refractivity contribution in [3.8, 4) is 17.2 Å². The van der Waals surface area contributed by atoms with Gasteiger partial charge in [-0.15, -0.1) is 0 Å². The van der Waals surface area contributed by atoms with Crippen LogP contribution in [0.4, 0.5) is 0 Å². The first-order valence-corrected chi connectivity index (χ1v) is 6.30. The highest BCUT2D eigenvalue weighted by Gasteiger charge is 2.07. The maximum absolute atomic E-state index is 5.82. The number of nitrogens with one attached hydrogen (secondary N) is 1. The van der Waals surface area contributed by atoms with Crippen molar-refractivity contribution < 1.29 is 14.2 Å². The van der Waals surface area contributed by atoms with Gasteiger partial charge in [-0.3, -0.25) is 0 Å². The van der Waals surface area contributed by atoms with E-state index in [0.29, 0.717) is 0 Å². The second kappa shape index (κ2) is 7.82. The molecule has 4 nitrogen and oxygen atoms in total. The number of methoxy groups -OCH3 is 2. The van der Waals surface area contributed by atoms with Crippen LogP contribution in [0.2, 0.25) is 0 Å². The van der Waals surface area contributed by atoms with E-state index in [9.17, 15) is 0 Å². The van der Waals surface area contributed by atoms with Crippen LogP contribution in [0.15, 0.2) is 18.2 Å². The van der Waals surface area contributed by atoms with E-state index in [-0.39, 0.29) is 6.10 Å². The molecule has 0 fully saturated rings. The van der Waals surface area contributed by atoms with Crippen LogP contribution in [-0.4, -0.2) is 33.4 Å². The Balaban J connectivity index is 2.59. The van der Waals surface area contributed by atoms with E-state index in [1.807, 2.05) is 25.1 Å². The molecular formula is C14H23NO3. The number of benzene rings is 1. The highest BCUT2D eigenvalue weighted by molar-refractivity contribution is 5.42. The summed E-state index contributed by atoms with van der Waals surface area (Å²) in [6, 6.07) is 5.55. The lowest BCUT2D eigenvalue weighted by atomic mass is 10.3. The van der Waals surface area contributed by atoms with E-state index in [1.54, 1.807) is 14.2 Å². The molecule has 1 aromatic carbocycles. The summed E-state index contributed by atoms with van der Waals surface area (Å²) in [4.78, 5) is 0. The molecule has 4 heteroatoms. The molecule has 1 N–H and O–H groups in total. The smallest absolute Gasteiger partial charge is 0.127 e. The van der Waals surface area contributed by atoms with Gasteiger partial charge in [0.25, 0.3) is 0 Å². The third kappa shape index (κ3) is 4.84. The molecule has 0 saturated carbocycles. The van der Waals surface area contributed by atoms with Crippen LogP contribution in [0, 0.1) is 0 Å². The predicted molar refractivity (Wildman–Crippen MR) is 72.8 cm³/mol. The first-order chi connectivity index (χ1) is 8.69. The van der Waals surface area contributed by atoms with Gasteiger partial charge in [-0.25, -0.2) is 0 Å². The molecule has 1 aromatic rings. The summed E-state index contributed by atoms with van der Waals surface area (Å²) in [6.07, 6.45) is 1.23. The van der Waals surface area contributed by atoms with Gasteiger partial charge in [-0.1, -0.05) is 6.92 Å². The summed E-state index contributed by atoms with van der Waals surface area (Å²) in [5.41, 5.74) is 0. The van der Waals surface area contributed by atoms with E-state index in [1.165, 1.54) is 0 Å². The highest BCUT2D eigenvalue weighted by Crippen LogP contribution is 2.27. The lowest BCUT2D eigenvalue weighted by Crippen LogP contribution is -2.29. The fourth-order valence-corrected chi connectivity index (χ4v) is 1.61. The Labute approximate surface area is 109 Å². The minimum Gasteiger partial charge on any atom is -0.496 e. The number of rotatable bonds is 8. The van der Waals surface area contributed by atoms with Gasteiger partial charge in [0.15, 0.2) is 0 Å². The molecule has 0 aliphatic heterocycles. The molecule has 102 valence electrons. The zero-order valence-corrected chi connectivity index (χ0v) is 11.7. The Bertz CT molecular complexity index is 333. The molecule has 0 aromatic heterocycles. The summed E-state index contributed by atoms with van der Waals surface area (Å²) in [5, 5.41) is 3.32. The molecular weight excluding hydrogens is 230 g/mol. The zero-order chi connectivity index (χ0) is 13.4. The Kier molecular flexibility index (Phi) is 6.36. The average Bonchev–Trinajstić information content (AvgIpc) is 2.38.